The van der Waals surface area contributed by atoms with E-state index in [1.54, 1.807) is 0 Å². The van der Waals surface area contributed by atoms with Crippen LogP contribution in [0.1, 0.15) is 18.9 Å². The Morgan fingerprint density at radius 3 is 2.84 bits per heavy atom. The summed E-state index contributed by atoms with van der Waals surface area (Å²) in [5.74, 6) is 1.41. The fourth-order valence-corrected chi connectivity index (χ4v) is 2.77. The molecule has 4 rings (SSSR count). The van der Waals surface area contributed by atoms with Gasteiger partial charge in [0.15, 0.2) is 5.82 Å². The summed E-state index contributed by atoms with van der Waals surface area (Å²) in [5.41, 5.74) is 8.71. The molecule has 0 bridgehead atoms. The topological polar surface area (TPSA) is 72.5 Å². The molecule has 3 N–H and O–H groups in total. The van der Waals surface area contributed by atoms with Gasteiger partial charge in [0.2, 0.25) is 0 Å². The smallest absolute Gasteiger partial charge is 0.159 e. The Hall–Kier alpha value is -1.82. The largest absolute Gasteiger partial charge is 0.382 e. The first-order chi connectivity index (χ1) is 9.22. The zero-order chi connectivity index (χ0) is 13.0. The van der Waals surface area contributed by atoms with Gasteiger partial charge in [-0.3, -0.25) is 5.10 Å². The van der Waals surface area contributed by atoms with Crippen molar-refractivity contribution in [3.63, 3.8) is 0 Å². The second-order valence-corrected chi connectivity index (χ2v) is 5.79. The first kappa shape index (κ1) is 11.0. The molecule has 2 aromatic heterocycles. The average Bonchev–Trinajstić information content (AvgIpc) is 3.02. The molecule has 19 heavy (non-hydrogen) atoms. The number of hydrogen-bond donors (Lipinski definition) is 2. The van der Waals surface area contributed by atoms with Gasteiger partial charge in [0.25, 0.3) is 0 Å². The van der Waals surface area contributed by atoms with Gasteiger partial charge in [-0.05, 0) is 31.0 Å². The van der Waals surface area contributed by atoms with Crippen LogP contribution in [0.15, 0.2) is 28.7 Å². The van der Waals surface area contributed by atoms with Crippen LogP contribution in [0.5, 0.6) is 0 Å². The van der Waals surface area contributed by atoms with Crippen molar-refractivity contribution in [2.24, 2.45) is 0 Å². The van der Waals surface area contributed by atoms with Crippen LogP contribution >= 0.6 is 15.9 Å². The monoisotopic (exact) mass is 317 g/mol. The van der Waals surface area contributed by atoms with Crippen LogP contribution in [-0.2, 0) is 0 Å². The van der Waals surface area contributed by atoms with E-state index in [-0.39, 0.29) is 0 Å². The fourth-order valence-electron chi connectivity index (χ4n) is 2.42. The Balaban J connectivity index is 2.01. The van der Waals surface area contributed by atoms with Crippen LogP contribution in [0.2, 0.25) is 0 Å². The van der Waals surface area contributed by atoms with Gasteiger partial charge in [-0.15, -0.1) is 0 Å². The van der Waals surface area contributed by atoms with Crippen molar-refractivity contribution < 1.29 is 0 Å². The third-order valence-corrected chi connectivity index (χ3v) is 3.90. The van der Waals surface area contributed by atoms with Crippen molar-refractivity contribution >= 4 is 32.8 Å². The van der Waals surface area contributed by atoms with Gasteiger partial charge in [0.1, 0.15) is 11.5 Å². The molecule has 0 spiro atoms. The lowest BCUT2D eigenvalue weighted by atomic mass is 10.3. The Kier molecular flexibility index (Phi) is 2.23. The minimum absolute atomic E-state index is 0.491. The number of nitrogens with one attached hydrogen (secondary N) is 1. The first-order valence-corrected chi connectivity index (χ1v) is 7.00. The van der Waals surface area contributed by atoms with Crippen molar-refractivity contribution in [1.82, 2.24) is 19.7 Å². The Bertz CT molecular complexity index is 769. The number of imidazole rings is 1. The number of hydrogen-bond acceptors (Lipinski definition) is 3. The zero-order valence-electron chi connectivity index (χ0n) is 10.1. The summed E-state index contributed by atoms with van der Waals surface area (Å²) in [5, 5.41) is 6.94. The van der Waals surface area contributed by atoms with Crippen molar-refractivity contribution in [2.75, 3.05) is 5.73 Å². The number of aromatic nitrogens is 4. The summed E-state index contributed by atoms with van der Waals surface area (Å²) in [4.78, 5) is 4.72. The van der Waals surface area contributed by atoms with E-state index in [1.807, 2.05) is 18.2 Å². The van der Waals surface area contributed by atoms with Crippen LogP contribution in [0.25, 0.3) is 22.6 Å². The predicted octanol–water partition coefficient (Wildman–Crippen LogP) is 3.11. The highest BCUT2D eigenvalue weighted by Gasteiger charge is 2.29. The second kappa shape index (κ2) is 3.84. The van der Waals surface area contributed by atoms with E-state index in [9.17, 15) is 0 Å². The first-order valence-electron chi connectivity index (χ1n) is 6.21. The summed E-state index contributed by atoms with van der Waals surface area (Å²) in [6, 6.07) is 8.57. The SMILES string of the molecule is Nc1cc(-c2nc3cc(Br)ccc3n2C2CC2)[nH]n1. The molecule has 0 aliphatic heterocycles. The van der Waals surface area contributed by atoms with E-state index in [4.69, 9.17) is 10.7 Å². The molecule has 0 atom stereocenters. The van der Waals surface area contributed by atoms with Gasteiger partial charge in [0.05, 0.1) is 11.0 Å². The van der Waals surface area contributed by atoms with E-state index >= 15 is 0 Å². The van der Waals surface area contributed by atoms with Crippen molar-refractivity contribution in [3.8, 4) is 11.5 Å². The molecule has 5 nitrogen and oxygen atoms in total. The van der Waals surface area contributed by atoms with Crippen molar-refractivity contribution in [1.29, 1.82) is 0 Å². The molecule has 0 amide bonds. The van der Waals surface area contributed by atoms with Crippen molar-refractivity contribution in [3.05, 3.63) is 28.7 Å². The predicted molar refractivity (Wildman–Crippen MR) is 77.7 cm³/mol. The summed E-state index contributed by atoms with van der Waals surface area (Å²) in [6.07, 6.45) is 2.41. The van der Waals surface area contributed by atoms with E-state index in [1.165, 1.54) is 12.8 Å². The average molecular weight is 318 g/mol. The Labute approximate surface area is 118 Å². The van der Waals surface area contributed by atoms with Gasteiger partial charge in [0, 0.05) is 16.6 Å². The standard InChI is InChI=1S/C13H12BrN5/c14-7-1-4-11-9(5-7)16-13(19(11)8-2-3-8)10-6-12(15)18-17-10/h1,4-6,8H,2-3H2,(H3,15,17,18). The van der Waals surface area contributed by atoms with Crippen LogP contribution < -0.4 is 5.73 Å². The van der Waals surface area contributed by atoms with Gasteiger partial charge in [-0.1, -0.05) is 15.9 Å². The number of nitrogens with two attached hydrogens (primary N) is 1. The molecule has 3 aromatic rings. The molecule has 96 valence electrons. The van der Waals surface area contributed by atoms with E-state index in [2.05, 4.69) is 36.8 Å². The maximum Gasteiger partial charge on any atom is 0.159 e. The van der Waals surface area contributed by atoms with Gasteiger partial charge < -0.3 is 10.3 Å². The number of nitrogens with zero attached hydrogens (tertiary/aromatic N) is 3. The molecule has 6 heteroatoms. The maximum absolute atomic E-state index is 5.69. The number of halogens is 1. The molecule has 2 heterocycles. The zero-order valence-corrected chi connectivity index (χ0v) is 11.7. The molecule has 1 aliphatic rings. The summed E-state index contributed by atoms with van der Waals surface area (Å²) >= 11 is 3.49. The molecule has 1 saturated carbocycles. The minimum Gasteiger partial charge on any atom is -0.382 e. The lowest BCUT2D eigenvalue weighted by Gasteiger charge is -2.05. The quantitative estimate of drug-likeness (QED) is 0.762. The normalized spacial score (nSPS) is 15.2. The van der Waals surface area contributed by atoms with Crippen LogP contribution in [0, 0.1) is 0 Å². The van der Waals surface area contributed by atoms with E-state index < -0.39 is 0 Å². The number of H-pyrrole nitrogens is 1. The third-order valence-electron chi connectivity index (χ3n) is 3.40. The number of fused-ring (bicyclic) bond motifs is 1. The molecule has 0 saturated heterocycles. The molecule has 1 aliphatic carbocycles. The van der Waals surface area contributed by atoms with Crippen LogP contribution in [-0.4, -0.2) is 19.7 Å². The molecular formula is C13H12BrN5. The van der Waals surface area contributed by atoms with Gasteiger partial charge in [-0.25, -0.2) is 4.98 Å². The van der Waals surface area contributed by atoms with Gasteiger partial charge in [-0.2, -0.15) is 5.10 Å². The summed E-state index contributed by atoms with van der Waals surface area (Å²) in [7, 11) is 0. The number of anilines is 1. The second-order valence-electron chi connectivity index (χ2n) is 4.88. The summed E-state index contributed by atoms with van der Waals surface area (Å²) in [6.45, 7) is 0. The molecule has 0 radical (unpaired) electrons. The van der Waals surface area contributed by atoms with Crippen LogP contribution in [0.3, 0.4) is 0 Å². The fraction of sp³-hybridized carbons (Fsp3) is 0.231. The van der Waals surface area contributed by atoms with Gasteiger partial charge >= 0.3 is 0 Å². The number of rotatable bonds is 2. The molecular weight excluding hydrogens is 306 g/mol. The minimum atomic E-state index is 0.491. The van der Waals surface area contributed by atoms with E-state index in [0.29, 0.717) is 11.9 Å². The highest BCUT2D eigenvalue weighted by Crippen LogP contribution is 2.41. The summed E-state index contributed by atoms with van der Waals surface area (Å²) < 4.78 is 3.32. The highest BCUT2D eigenvalue weighted by atomic mass is 79.9. The van der Waals surface area contributed by atoms with E-state index in [0.717, 1.165) is 27.0 Å². The Morgan fingerprint density at radius 1 is 1.32 bits per heavy atom. The van der Waals surface area contributed by atoms with Crippen LogP contribution in [0.4, 0.5) is 5.82 Å². The lowest BCUT2D eigenvalue weighted by Crippen LogP contribution is -1.97. The highest BCUT2D eigenvalue weighted by molar-refractivity contribution is 9.10. The maximum atomic E-state index is 5.69. The molecule has 0 unspecified atom stereocenters. The van der Waals surface area contributed by atoms with Crippen molar-refractivity contribution in [2.45, 2.75) is 18.9 Å². The lowest BCUT2D eigenvalue weighted by molar-refractivity contribution is 0.771. The third kappa shape index (κ3) is 1.74. The molecule has 1 aromatic carbocycles. The number of nitrogen functional groups attached to an aromatic ring is 1. The number of benzene rings is 1. The number of aromatic amines is 1. The Morgan fingerprint density at radius 2 is 2.16 bits per heavy atom. The molecule has 1 fully saturated rings.